The number of aliphatic hydroxyl groups is 1. The molecule has 2 aromatic rings. The molecule has 1 heterocycles. The Morgan fingerprint density at radius 1 is 1.00 bits per heavy atom. The van der Waals surface area contributed by atoms with E-state index >= 15 is 0 Å². The van der Waals surface area contributed by atoms with Gasteiger partial charge in [0.05, 0.1) is 5.57 Å². The van der Waals surface area contributed by atoms with Crippen LogP contribution in [0, 0.1) is 0 Å². The summed E-state index contributed by atoms with van der Waals surface area (Å²) in [6.07, 6.45) is 0.363. The van der Waals surface area contributed by atoms with Gasteiger partial charge in [0.1, 0.15) is 0 Å². The van der Waals surface area contributed by atoms with Gasteiger partial charge in [-0.15, -0.1) is 0 Å². The Labute approximate surface area is 123 Å². The molecule has 1 aliphatic heterocycles. The van der Waals surface area contributed by atoms with Gasteiger partial charge in [0, 0.05) is 6.42 Å². The van der Waals surface area contributed by atoms with Gasteiger partial charge in [-0.2, -0.15) is 0 Å². The quantitative estimate of drug-likeness (QED) is 0.907. The second kappa shape index (κ2) is 5.19. The van der Waals surface area contributed by atoms with Crippen molar-refractivity contribution in [3.8, 4) is 0 Å². The third kappa shape index (κ3) is 2.48. The van der Waals surface area contributed by atoms with E-state index in [9.17, 15) is 9.90 Å². The molecule has 1 amide bonds. The van der Waals surface area contributed by atoms with Crippen molar-refractivity contribution in [3.05, 3.63) is 77.4 Å². The SMILES string of the molecule is CC1=C(c2ccccc2)C(=O)NC1(O)Cc1ccccc1. The van der Waals surface area contributed by atoms with Gasteiger partial charge >= 0.3 is 0 Å². The Balaban J connectivity index is 1.98. The zero-order chi connectivity index (χ0) is 14.9. The molecule has 1 atom stereocenters. The van der Waals surface area contributed by atoms with E-state index in [1.807, 2.05) is 67.6 Å². The summed E-state index contributed by atoms with van der Waals surface area (Å²) in [7, 11) is 0. The molecule has 0 fully saturated rings. The first-order valence-corrected chi connectivity index (χ1v) is 6.96. The van der Waals surface area contributed by atoms with Gasteiger partial charge in [-0.3, -0.25) is 4.79 Å². The summed E-state index contributed by atoms with van der Waals surface area (Å²) in [5.74, 6) is -0.225. The number of hydrogen-bond donors (Lipinski definition) is 2. The first kappa shape index (κ1) is 13.6. The minimum absolute atomic E-state index is 0.225. The van der Waals surface area contributed by atoms with Crippen LogP contribution in [-0.2, 0) is 11.2 Å². The van der Waals surface area contributed by atoms with Crippen molar-refractivity contribution in [3.63, 3.8) is 0 Å². The molecule has 3 rings (SSSR count). The van der Waals surface area contributed by atoms with Crippen molar-refractivity contribution in [2.24, 2.45) is 0 Å². The Hall–Kier alpha value is -2.39. The van der Waals surface area contributed by atoms with Crippen LogP contribution in [0.5, 0.6) is 0 Å². The van der Waals surface area contributed by atoms with Crippen molar-refractivity contribution in [1.82, 2.24) is 5.32 Å². The minimum atomic E-state index is -1.32. The predicted molar refractivity (Wildman–Crippen MR) is 82.3 cm³/mol. The van der Waals surface area contributed by atoms with Crippen LogP contribution in [0.3, 0.4) is 0 Å². The summed E-state index contributed by atoms with van der Waals surface area (Å²) in [4.78, 5) is 12.3. The van der Waals surface area contributed by atoms with E-state index in [4.69, 9.17) is 0 Å². The molecule has 2 aromatic carbocycles. The summed E-state index contributed by atoms with van der Waals surface area (Å²) >= 11 is 0. The number of carbonyl (C=O) groups excluding carboxylic acids is 1. The first-order chi connectivity index (χ1) is 10.1. The van der Waals surface area contributed by atoms with Crippen molar-refractivity contribution < 1.29 is 9.90 Å². The molecule has 1 unspecified atom stereocenters. The van der Waals surface area contributed by atoms with Crippen LogP contribution in [-0.4, -0.2) is 16.7 Å². The normalized spacial score (nSPS) is 21.5. The van der Waals surface area contributed by atoms with Crippen LogP contribution in [0.4, 0.5) is 0 Å². The van der Waals surface area contributed by atoms with Crippen molar-refractivity contribution >= 4 is 11.5 Å². The molecule has 21 heavy (non-hydrogen) atoms. The smallest absolute Gasteiger partial charge is 0.254 e. The van der Waals surface area contributed by atoms with E-state index in [0.29, 0.717) is 17.6 Å². The van der Waals surface area contributed by atoms with E-state index in [0.717, 1.165) is 11.1 Å². The molecule has 2 N–H and O–H groups in total. The largest absolute Gasteiger partial charge is 0.367 e. The van der Waals surface area contributed by atoms with Gasteiger partial charge in [0.15, 0.2) is 5.72 Å². The van der Waals surface area contributed by atoms with Crippen LogP contribution in [0.15, 0.2) is 66.2 Å². The summed E-state index contributed by atoms with van der Waals surface area (Å²) < 4.78 is 0. The van der Waals surface area contributed by atoms with E-state index in [1.54, 1.807) is 0 Å². The highest BCUT2D eigenvalue weighted by molar-refractivity contribution is 6.23. The van der Waals surface area contributed by atoms with Crippen LogP contribution in [0.2, 0.25) is 0 Å². The standard InChI is InChI=1S/C18H17NO2/c1-13-16(15-10-6-3-7-11-15)17(20)19-18(13,21)12-14-8-4-2-5-9-14/h2-11,21H,12H2,1H3,(H,19,20). The second-order valence-corrected chi connectivity index (χ2v) is 5.34. The van der Waals surface area contributed by atoms with Crippen molar-refractivity contribution in [2.45, 2.75) is 19.1 Å². The van der Waals surface area contributed by atoms with Crippen LogP contribution >= 0.6 is 0 Å². The minimum Gasteiger partial charge on any atom is -0.367 e. The molecule has 3 nitrogen and oxygen atoms in total. The second-order valence-electron chi connectivity index (χ2n) is 5.34. The maximum Gasteiger partial charge on any atom is 0.254 e. The zero-order valence-corrected chi connectivity index (χ0v) is 11.8. The molecule has 0 saturated carbocycles. The van der Waals surface area contributed by atoms with Gasteiger partial charge in [-0.25, -0.2) is 0 Å². The summed E-state index contributed by atoms with van der Waals surface area (Å²) in [6.45, 7) is 1.81. The predicted octanol–water partition coefficient (Wildman–Crippen LogP) is 2.52. The van der Waals surface area contributed by atoms with Crippen molar-refractivity contribution in [2.75, 3.05) is 0 Å². The highest BCUT2D eigenvalue weighted by atomic mass is 16.3. The average Bonchev–Trinajstić information content (AvgIpc) is 2.70. The first-order valence-electron chi connectivity index (χ1n) is 6.96. The summed E-state index contributed by atoms with van der Waals surface area (Å²) in [5.41, 5.74) is 1.73. The number of hydrogen-bond acceptors (Lipinski definition) is 2. The maximum atomic E-state index is 12.3. The lowest BCUT2D eigenvalue weighted by Gasteiger charge is -2.25. The molecular weight excluding hydrogens is 262 g/mol. The Kier molecular flexibility index (Phi) is 3.35. The van der Waals surface area contributed by atoms with E-state index < -0.39 is 5.72 Å². The average molecular weight is 279 g/mol. The topological polar surface area (TPSA) is 49.3 Å². The summed E-state index contributed by atoms with van der Waals surface area (Å²) in [5, 5.41) is 13.5. The van der Waals surface area contributed by atoms with E-state index in [2.05, 4.69) is 5.32 Å². The number of nitrogens with one attached hydrogen (secondary N) is 1. The third-order valence-electron chi connectivity index (χ3n) is 3.91. The van der Waals surface area contributed by atoms with Gasteiger partial charge in [0.2, 0.25) is 0 Å². The van der Waals surface area contributed by atoms with E-state index in [-0.39, 0.29) is 5.91 Å². The fourth-order valence-electron chi connectivity index (χ4n) is 2.74. The molecule has 0 radical (unpaired) electrons. The highest BCUT2D eigenvalue weighted by Crippen LogP contribution is 2.33. The Morgan fingerprint density at radius 3 is 2.19 bits per heavy atom. The molecule has 0 spiro atoms. The van der Waals surface area contributed by atoms with Crippen molar-refractivity contribution in [1.29, 1.82) is 0 Å². The van der Waals surface area contributed by atoms with Gasteiger partial charge in [-0.05, 0) is 23.6 Å². The molecule has 0 aliphatic carbocycles. The lowest BCUT2D eigenvalue weighted by Crippen LogP contribution is -2.45. The maximum absolute atomic E-state index is 12.3. The van der Waals surface area contributed by atoms with Crippen LogP contribution < -0.4 is 5.32 Å². The molecule has 1 aliphatic rings. The molecule has 106 valence electrons. The van der Waals surface area contributed by atoms with Crippen LogP contribution in [0.1, 0.15) is 18.1 Å². The Bertz CT molecular complexity index is 692. The monoisotopic (exact) mass is 279 g/mol. The van der Waals surface area contributed by atoms with Gasteiger partial charge in [0.25, 0.3) is 5.91 Å². The molecule has 3 heteroatoms. The van der Waals surface area contributed by atoms with Gasteiger partial charge in [-0.1, -0.05) is 60.7 Å². The summed E-state index contributed by atoms with van der Waals surface area (Å²) in [6, 6.07) is 19.1. The third-order valence-corrected chi connectivity index (χ3v) is 3.91. The van der Waals surface area contributed by atoms with Gasteiger partial charge < -0.3 is 10.4 Å². The van der Waals surface area contributed by atoms with E-state index in [1.165, 1.54) is 0 Å². The molecular formula is C18H17NO2. The van der Waals surface area contributed by atoms with Crippen LogP contribution in [0.25, 0.3) is 5.57 Å². The zero-order valence-electron chi connectivity index (χ0n) is 11.8. The highest BCUT2D eigenvalue weighted by Gasteiger charge is 2.41. The number of amides is 1. The Morgan fingerprint density at radius 2 is 1.57 bits per heavy atom. The number of benzene rings is 2. The fourth-order valence-corrected chi connectivity index (χ4v) is 2.74. The fraction of sp³-hybridized carbons (Fsp3) is 0.167. The molecule has 0 bridgehead atoms. The molecule has 0 aromatic heterocycles. The lowest BCUT2D eigenvalue weighted by molar-refractivity contribution is -0.119. The lowest BCUT2D eigenvalue weighted by atomic mass is 9.93. The molecule has 0 saturated heterocycles. The number of carbonyl (C=O) groups is 1. The number of rotatable bonds is 3.